The third kappa shape index (κ3) is 5.74. The van der Waals surface area contributed by atoms with Crippen molar-refractivity contribution >= 4 is 11.6 Å². The predicted octanol–water partition coefficient (Wildman–Crippen LogP) is 2.57. The van der Waals surface area contributed by atoms with Crippen molar-refractivity contribution in [1.29, 1.82) is 0 Å². The molecule has 20 heavy (non-hydrogen) atoms. The first-order chi connectivity index (χ1) is 9.32. The minimum absolute atomic E-state index is 0.0501. The lowest BCUT2D eigenvalue weighted by molar-refractivity contribution is 0.405. The van der Waals surface area contributed by atoms with Gasteiger partial charge in [0.05, 0.1) is 0 Å². The number of nitrogens with zero attached hydrogens (tertiary/aromatic N) is 3. The SMILES string of the molecule is CCNc1cc(NCCCN(C)C)nc(C(C)(C)C)n1. The third-order valence-corrected chi connectivity index (χ3v) is 2.84. The number of hydrogen-bond acceptors (Lipinski definition) is 5. The van der Waals surface area contributed by atoms with Crippen LogP contribution in [0.5, 0.6) is 0 Å². The summed E-state index contributed by atoms with van der Waals surface area (Å²) in [4.78, 5) is 11.4. The van der Waals surface area contributed by atoms with Crippen molar-refractivity contribution in [2.45, 2.75) is 39.5 Å². The molecule has 0 aliphatic rings. The van der Waals surface area contributed by atoms with E-state index in [0.717, 1.165) is 43.5 Å². The maximum Gasteiger partial charge on any atom is 0.138 e. The molecule has 0 spiro atoms. The highest BCUT2D eigenvalue weighted by Gasteiger charge is 2.19. The Balaban J connectivity index is 2.76. The van der Waals surface area contributed by atoms with Crippen molar-refractivity contribution in [2.24, 2.45) is 0 Å². The van der Waals surface area contributed by atoms with Crippen molar-refractivity contribution in [2.75, 3.05) is 44.4 Å². The van der Waals surface area contributed by atoms with Gasteiger partial charge in [-0.25, -0.2) is 9.97 Å². The number of rotatable bonds is 7. The molecular weight excluding hydrogens is 250 g/mol. The van der Waals surface area contributed by atoms with Gasteiger partial charge in [-0.3, -0.25) is 0 Å². The zero-order valence-electron chi connectivity index (χ0n) is 13.7. The molecule has 0 atom stereocenters. The molecule has 0 amide bonds. The average molecular weight is 279 g/mol. The fourth-order valence-corrected chi connectivity index (χ4v) is 1.76. The molecule has 0 aromatic carbocycles. The van der Waals surface area contributed by atoms with Crippen LogP contribution in [0.2, 0.25) is 0 Å². The average Bonchev–Trinajstić information content (AvgIpc) is 2.33. The Labute approximate surface area is 123 Å². The topological polar surface area (TPSA) is 53.1 Å². The number of aromatic nitrogens is 2. The van der Waals surface area contributed by atoms with E-state index in [-0.39, 0.29) is 5.41 Å². The normalized spacial score (nSPS) is 11.8. The molecule has 5 heteroatoms. The monoisotopic (exact) mass is 279 g/mol. The van der Waals surface area contributed by atoms with Gasteiger partial charge in [0.2, 0.25) is 0 Å². The van der Waals surface area contributed by atoms with Crippen LogP contribution in [0.4, 0.5) is 11.6 Å². The summed E-state index contributed by atoms with van der Waals surface area (Å²) in [6.45, 7) is 11.3. The van der Waals surface area contributed by atoms with Gasteiger partial charge in [0.25, 0.3) is 0 Å². The standard InChI is InChI=1S/C15H29N5/c1-7-16-12-11-13(17-9-8-10-20(5)6)19-14(18-12)15(2,3)4/h11H,7-10H2,1-6H3,(H2,16,17,18,19). The van der Waals surface area contributed by atoms with E-state index in [4.69, 9.17) is 0 Å². The minimum atomic E-state index is -0.0501. The fourth-order valence-electron chi connectivity index (χ4n) is 1.76. The Morgan fingerprint density at radius 1 is 1.10 bits per heavy atom. The van der Waals surface area contributed by atoms with E-state index in [2.05, 4.69) is 67.3 Å². The van der Waals surface area contributed by atoms with E-state index >= 15 is 0 Å². The Bertz CT molecular complexity index is 409. The first-order valence-corrected chi connectivity index (χ1v) is 7.35. The van der Waals surface area contributed by atoms with Crippen LogP contribution in [-0.4, -0.2) is 48.6 Å². The Hall–Kier alpha value is -1.36. The number of anilines is 2. The summed E-state index contributed by atoms with van der Waals surface area (Å²) in [5.41, 5.74) is -0.0501. The van der Waals surface area contributed by atoms with Crippen molar-refractivity contribution in [3.63, 3.8) is 0 Å². The Kier molecular flexibility index (Phi) is 6.20. The Morgan fingerprint density at radius 2 is 1.70 bits per heavy atom. The van der Waals surface area contributed by atoms with Gasteiger partial charge in [0, 0.05) is 24.6 Å². The summed E-state index contributed by atoms with van der Waals surface area (Å²) < 4.78 is 0. The minimum Gasteiger partial charge on any atom is -0.370 e. The van der Waals surface area contributed by atoms with Gasteiger partial charge in [-0.05, 0) is 34.0 Å². The maximum atomic E-state index is 4.63. The van der Waals surface area contributed by atoms with Crippen LogP contribution >= 0.6 is 0 Å². The summed E-state index contributed by atoms with van der Waals surface area (Å²) >= 11 is 0. The van der Waals surface area contributed by atoms with E-state index in [1.165, 1.54) is 0 Å². The van der Waals surface area contributed by atoms with Gasteiger partial charge in [-0.1, -0.05) is 20.8 Å². The quantitative estimate of drug-likeness (QED) is 0.751. The first kappa shape index (κ1) is 16.7. The fraction of sp³-hybridized carbons (Fsp3) is 0.733. The lowest BCUT2D eigenvalue weighted by atomic mass is 9.96. The van der Waals surface area contributed by atoms with E-state index in [9.17, 15) is 0 Å². The largest absolute Gasteiger partial charge is 0.370 e. The molecule has 114 valence electrons. The second kappa shape index (κ2) is 7.43. The molecule has 2 N–H and O–H groups in total. The molecule has 1 aromatic heterocycles. The highest BCUT2D eigenvalue weighted by molar-refractivity contribution is 5.48. The molecule has 1 rings (SSSR count). The van der Waals surface area contributed by atoms with Crippen molar-refractivity contribution in [1.82, 2.24) is 14.9 Å². The Morgan fingerprint density at radius 3 is 2.20 bits per heavy atom. The van der Waals surface area contributed by atoms with Gasteiger partial charge in [-0.2, -0.15) is 0 Å². The highest BCUT2D eigenvalue weighted by Crippen LogP contribution is 2.22. The van der Waals surface area contributed by atoms with E-state index in [1.807, 2.05) is 6.07 Å². The molecule has 1 aromatic rings. The molecule has 0 radical (unpaired) electrons. The van der Waals surface area contributed by atoms with Crippen molar-refractivity contribution in [3.8, 4) is 0 Å². The second-order valence-electron chi connectivity index (χ2n) is 6.33. The summed E-state index contributed by atoms with van der Waals surface area (Å²) in [5.74, 6) is 2.66. The van der Waals surface area contributed by atoms with Crippen LogP contribution in [-0.2, 0) is 5.41 Å². The predicted molar refractivity (Wildman–Crippen MR) is 86.6 cm³/mol. The molecule has 0 aliphatic carbocycles. The van der Waals surface area contributed by atoms with Crippen LogP contribution in [0.15, 0.2) is 6.07 Å². The molecule has 0 unspecified atom stereocenters. The van der Waals surface area contributed by atoms with E-state index in [0.29, 0.717) is 0 Å². The molecule has 0 saturated heterocycles. The highest BCUT2D eigenvalue weighted by atomic mass is 15.1. The second-order valence-corrected chi connectivity index (χ2v) is 6.33. The lowest BCUT2D eigenvalue weighted by Crippen LogP contribution is -2.20. The summed E-state index contributed by atoms with van der Waals surface area (Å²) in [6.07, 6.45) is 1.10. The zero-order chi connectivity index (χ0) is 15.2. The van der Waals surface area contributed by atoms with Crippen LogP contribution in [0.1, 0.15) is 39.9 Å². The summed E-state index contributed by atoms with van der Waals surface area (Å²) in [7, 11) is 4.18. The van der Waals surface area contributed by atoms with Crippen LogP contribution in [0.3, 0.4) is 0 Å². The molecule has 5 nitrogen and oxygen atoms in total. The third-order valence-electron chi connectivity index (χ3n) is 2.84. The molecule has 0 aliphatic heterocycles. The molecular formula is C15H29N5. The van der Waals surface area contributed by atoms with E-state index < -0.39 is 0 Å². The van der Waals surface area contributed by atoms with Crippen molar-refractivity contribution in [3.05, 3.63) is 11.9 Å². The van der Waals surface area contributed by atoms with Gasteiger partial charge in [-0.15, -0.1) is 0 Å². The van der Waals surface area contributed by atoms with Crippen LogP contribution in [0, 0.1) is 0 Å². The van der Waals surface area contributed by atoms with Crippen LogP contribution < -0.4 is 10.6 Å². The molecule has 0 saturated carbocycles. The number of nitrogens with one attached hydrogen (secondary N) is 2. The van der Waals surface area contributed by atoms with Gasteiger partial charge in [0.1, 0.15) is 17.5 Å². The molecule has 0 fully saturated rings. The maximum absolute atomic E-state index is 4.63. The van der Waals surface area contributed by atoms with E-state index in [1.54, 1.807) is 0 Å². The summed E-state index contributed by atoms with van der Waals surface area (Å²) in [5, 5.41) is 6.66. The van der Waals surface area contributed by atoms with Crippen molar-refractivity contribution < 1.29 is 0 Å². The number of hydrogen-bond donors (Lipinski definition) is 2. The van der Waals surface area contributed by atoms with Gasteiger partial charge >= 0.3 is 0 Å². The zero-order valence-corrected chi connectivity index (χ0v) is 13.7. The van der Waals surface area contributed by atoms with Gasteiger partial charge < -0.3 is 15.5 Å². The van der Waals surface area contributed by atoms with Gasteiger partial charge in [0.15, 0.2) is 0 Å². The smallest absolute Gasteiger partial charge is 0.138 e. The van der Waals surface area contributed by atoms with Crippen LogP contribution in [0.25, 0.3) is 0 Å². The molecule has 0 bridgehead atoms. The lowest BCUT2D eigenvalue weighted by Gasteiger charge is -2.19. The molecule has 1 heterocycles. The first-order valence-electron chi connectivity index (χ1n) is 7.35. The summed E-state index contributed by atoms with van der Waals surface area (Å²) in [6, 6.07) is 1.98.